The summed E-state index contributed by atoms with van der Waals surface area (Å²) < 4.78 is 25.0. The van der Waals surface area contributed by atoms with Crippen molar-refractivity contribution in [2.24, 2.45) is 0 Å². The molecule has 0 aromatic heterocycles. The average molecular weight is 352 g/mol. The lowest BCUT2D eigenvalue weighted by Crippen LogP contribution is -2.32. The van der Waals surface area contributed by atoms with Gasteiger partial charge in [-0.25, -0.2) is 8.42 Å². The van der Waals surface area contributed by atoms with Crippen molar-refractivity contribution in [3.05, 3.63) is 58.6 Å². The molecule has 0 heterocycles. The smallest absolute Gasteiger partial charge is 0.242 e. The third-order valence-corrected chi connectivity index (χ3v) is 6.17. The quantitative estimate of drug-likeness (QED) is 0.912. The number of benzene rings is 2. The summed E-state index contributed by atoms with van der Waals surface area (Å²) in [7, 11) is -3.77. The summed E-state index contributed by atoms with van der Waals surface area (Å²) in [6.45, 7) is 5.19. The van der Waals surface area contributed by atoms with Gasteiger partial charge in [-0.1, -0.05) is 23.7 Å². The molecule has 0 radical (unpaired) electrons. The molecule has 0 aliphatic carbocycles. The van der Waals surface area contributed by atoms with Gasteiger partial charge in [0.2, 0.25) is 5.91 Å². The monoisotopic (exact) mass is 351 g/mol. The van der Waals surface area contributed by atoms with Crippen molar-refractivity contribution in [1.82, 2.24) is 0 Å². The van der Waals surface area contributed by atoms with Crippen molar-refractivity contribution in [2.75, 3.05) is 5.32 Å². The molecule has 4 nitrogen and oxygen atoms in total. The van der Waals surface area contributed by atoms with E-state index in [1.165, 1.54) is 31.2 Å². The van der Waals surface area contributed by atoms with Gasteiger partial charge in [-0.05, 0) is 62.2 Å². The number of carbonyl (C=O) groups excluding carboxylic acids is 1. The van der Waals surface area contributed by atoms with Crippen molar-refractivity contribution in [3.8, 4) is 0 Å². The zero-order chi connectivity index (χ0) is 17.2. The van der Waals surface area contributed by atoms with Crippen molar-refractivity contribution in [3.63, 3.8) is 0 Å². The highest BCUT2D eigenvalue weighted by molar-refractivity contribution is 7.92. The number of anilines is 1. The van der Waals surface area contributed by atoms with Crippen LogP contribution in [0.2, 0.25) is 5.02 Å². The summed E-state index contributed by atoms with van der Waals surface area (Å²) in [6, 6.07) is 11.3. The number of sulfone groups is 1. The van der Waals surface area contributed by atoms with E-state index in [1.807, 2.05) is 26.0 Å². The van der Waals surface area contributed by atoms with Gasteiger partial charge < -0.3 is 5.32 Å². The Kier molecular flexibility index (Phi) is 5.12. The number of nitrogens with one attached hydrogen (secondary N) is 1. The van der Waals surface area contributed by atoms with Crippen LogP contribution in [0.15, 0.2) is 47.4 Å². The second kappa shape index (κ2) is 6.72. The Morgan fingerprint density at radius 2 is 1.70 bits per heavy atom. The summed E-state index contributed by atoms with van der Waals surface area (Å²) in [6.07, 6.45) is 0. The first-order valence-electron chi connectivity index (χ1n) is 7.10. The van der Waals surface area contributed by atoms with Gasteiger partial charge in [0.1, 0.15) is 5.25 Å². The van der Waals surface area contributed by atoms with Gasteiger partial charge in [0.05, 0.1) is 4.90 Å². The molecule has 0 bridgehead atoms. The lowest BCUT2D eigenvalue weighted by Gasteiger charge is -2.15. The first-order chi connectivity index (χ1) is 10.7. The van der Waals surface area contributed by atoms with Crippen molar-refractivity contribution in [1.29, 1.82) is 0 Å². The first kappa shape index (κ1) is 17.5. The van der Waals surface area contributed by atoms with Crippen LogP contribution in [0, 0.1) is 13.8 Å². The lowest BCUT2D eigenvalue weighted by atomic mass is 10.1. The molecule has 23 heavy (non-hydrogen) atoms. The Labute approximate surface area is 141 Å². The summed E-state index contributed by atoms with van der Waals surface area (Å²) in [5.74, 6) is -0.561. The van der Waals surface area contributed by atoms with E-state index in [0.717, 1.165) is 11.1 Å². The molecular weight excluding hydrogens is 334 g/mol. The van der Waals surface area contributed by atoms with Crippen LogP contribution in [0.3, 0.4) is 0 Å². The maximum absolute atomic E-state index is 12.5. The van der Waals surface area contributed by atoms with Crippen LogP contribution in [0.4, 0.5) is 5.69 Å². The highest BCUT2D eigenvalue weighted by Crippen LogP contribution is 2.22. The summed E-state index contributed by atoms with van der Waals surface area (Å²) in [5, 5.41) is 1.93. The van der Waals surface area contributed by atoms with Gasteiger partial charge in [0, 0.05) is 10.7 Å². The normalized spacial score (nSPS) is 12.7. The van der Waals surface area contributed by atoms with Crippen LogP contribution < -0.4 is 5.32 Å². The van der Waals surface area contributed by atoms with E-state index in [-0.39, 0.29) is 4.90 Å². The molecule has 2 aromatic rings. The largest absolute Gasteiger partial charge is 0.325 e. The van der Waals surface area contributed by atoms with Crippen LogP contribution in [-0.4, -0.2) is 19.6 Å². The molecule has 6 heteroatoms. The van der Waals surface area contributed by atoms with Gasteiger partial charge >= 0.3 is 0 Å². The average Bonchev–Trinajstić information content (AvgIpc) is 2.51. The van der Waals surface area contributed by atoms with Gasteiger partial charge in [-0.3, -0.25) is 4.79 Å². The fourth-order valence-electron chi connectivity index (χ4n) is 2.09. The Hall–Kier alpha value is -1.85. The molecule has 2 aromatic carbocycles. The molecule has 1 N–H and O–H groups in total. The minimum Gasteiger partial charge on any atom is -0.325 e. The van der Waals surface area contributed by atoms with E-state index < -0.39 is 21.0 Å². The molecule has 1 amide bonds. The van der Waals surface area contributed by atoms with Crippen molar-refractivity contribution in [2.45, 2.75) is 30.9 Å². The Balaban J connectivity index is 2.25. The van der Waals surface area contributed by atoms with Gasteiger partial charge in [-0.2, -0.15) is 0 Å². The fourth-order valence-corrected chi connectivity index (χ4v) is 3.48. The van der Waals surface area contributed by atoms with E-state index in [9.17, 15) is 13.2 Å². The predicted octanol–water partition coefficient (Wildman–Crippen LogP) is 3.76. The van der Waals surface area contributed by atoms with E-state index >= 15 is 0 Å². The van der Waals surface area contributed by atoms with E-state index in [0.29, 0.717) is 10.7 Å². The van der Waals surface area contributed by atoms with Crippen LogP contribution >= 0.6 is 11.6 Å². The number of halogens is 1. The lowest BCUT2D eigenvalue weighted by molar-refractivity contribution is -0.115. The molecule has 0 aliphatic heterocycles. The second-order valence-corrected chi connectivity index (χ2v) is 8.08. The van der Waals surface area contributed by atoms with Crippen LogP contribution in [0.5, 0.6) is 0 Å². The SMILES string of the molecule is Cc1cccc(NC(=O)C(C)S(=O)(=O)c2ccc(Cl)cc2)c1C. The summed E-state index contributed by atoms with van der Waals surface area (Å²) in [5.41, 5.74) is 2.56. The molecule has 0 aliphatic rings. The van der Waals surface area contributed by atoms with Crippen LogP contribution in [0.25, 0.3) is 0 Å². The van der Waals surface area contributed by atoms with E-state index in [1.54, 1.807) is 6.07 Å². The maximum atomic E-state index is 12.5. The molecule has 1 atom stereocenters. The minimum atomic E-state index is -3.77. The number of amides is 1. The Morgan fingerprint density at radius 3 is 2.30 bits per heavy atom. The second-order valence-electron chi connectivity index (χ2n) is 5.38. The number of carbonyl (C=O) groups is 1. The number of aryl methyl sites for hydroxylation is 1. The zero-order valence-corrected chi connectivity index (χ0v) is 14.7. The maximum Gasteiger partial charge on any atom is 0.242 e. The number of hydrogen-bond donors (Lipinski definition) is 1. The molecule has 2 rings (SSSR count). The molecule has 0 fully saturated rings. The molecule has 0 saturated carbocycles. The molecule has 0 spiro atoms. The number of hydrogen-bond acceptors (Lipinski definition) is 3. The van der Waals surface area contributed by atoms with Crippen molar-refractivity contribution >= 4 is 33.0 Å². The Bertz CT molecular complexity index is 829. The molecule has 1 unspecified atom stereocenters. The van der Waals surface area contributed by atoms with Gasteiger partial charge in [0.15, 0.2) is 9.84 Å². The standard InChI is InChI=1S/C17H18ClNO3S/c1-11-5-4-6-16(12(11)2)19-17(20)13(3)23(21,22)15-9-7-14(18)8-10-15/h4-10,13H,1-3H3,(H,19,20). The van der Waals surface area contributed by atoms with Gasteiger partial charge in [0.25, 0.3) is 0 Å². The Morgan fingerprint density at radius 1 is 1.09 bits per heavy atom. The zero-order valence-electron chi connectivity index (χ0n) is 13.1. The van der Waals surface area contributed by atoms with E-state index in [4.69, 9.17) is 11.6 Å². The van der Waals surface area contributed by atoms with Crippen LogP contribution in [-0.2, 0) is 14.6 Å². The highest BCUT2D eigenvalue weighted by Gasteiger charge is 2.30. The van der Waals surface area contributed by atoms with E-state index in [2.05, 4.69) is 5.32 Å². The van der Waals surface area contributed by atoms with Gasteiger partial charge in [-0.15, -0.1) is 0 Å². The van der Waals surface area contributed by atoms with Crippen LogP contribution in [0.1, 0.15) is 18.1 Å². The molecular formula is C17H18ClNO3S. The fraction of sp³-hybridized carbons (Fsp3) is 0.235. The first-order valence-corrected chi connectivity index (χ1v) is 9.02. The van der Waals surface area contributed by atoms with Crippen molar-refractivity contribution < 1.29 is 13.2 Å². The summed E-state index contributed by atoms with van der Waals surface area (Å²) >= 11 is 5.77. The topological polar surface area (TPSA) is 63.2 Å². The molecule has 122 valence electrons. The third kappa shape index (κ3) is 3.74. The number of rotatable bonds is 4. The highest BCUT2D eigenvalue weighted by atomic mass is 35.5. The third-order valence-electron chi connectivity index (χ3n) is 3.84. The molecule has 0 saturated heterocycles. The summed E-state index contributed by atoms with van der Waals surface area (Å²) in [4.78, 5) is 12.4. The minimum absolute atomic E-state index is 0.0746. The predicted molar refractivity (Wildman–Crippen MR) is 92.6 cm³/mol.